The summed E-state index contributed by atoms with van der Waals surface area (Å²) < 4.78 is 0. The first-order chi connectivity index (χ1) is 8.18. The molecule has 10 heteroatoms. The molecule has 106 valence electrons. The molecule has 19 heavy (non-hydrogen) atoms. The van der Waals surface area contributed by atoms with Crippen LogP contribution in [0.15, 0.2) is 12.7 Å². The minimum Gasteiger partial charge on any atom is -0.545 e. The fourth-order valence-corrected chi connectivity index (χ4v) is 0.668. The second-order valence-electron chi connectivity index (χ2n) is 3.04. The Morgan fingerprint density at radius 2 is 1.53 bits per heavy atom. The molecule has 0 heterocycles. The van der Waals surface area contributed by atoms with E-state index in [-0.39, 0.29) is 29.6 Å². The van der Waals surface area contributed by atoms with Crippen LogP contribution < -0.4 is 34.7 Å². The molecule has 0 bridgehead atoms. The number of aliphatic hydroxyl groups is 5. The summed E-state index contributed by atoms with van der Waals surface area (Å²) in [6.45, 7) is 2.06. The van der Waals surface area contributed by atoms with Crippen molar-refractivity contribution in [3.05, 3.63) is 12.7 Å². The van der Waals surface area contributed by atoms with E-state index in [1.54, 1.807) is 0 Å². The summed E-state index contributed by atoms with van der Waals surface area (Å²) >= 11 is 0. The molecule has 0 saturated carbocycles. The molecule has 0 aromatic carbocycles. The van der Waals surface area contributed by atoms with Crippen molar-refractivity contribution in [1.82, 2.24) is 0 Å². The predicted molar refractivity (Wildman–Crippen MR) is 54.0 cm³/mol. The van der Waals surface area contributed by atoms with Crippen LogP contribution >= 0.6 is 0 Å². The zero-order valence-electron chi connectivity index (χ0n) is 10.2. The van der Waals surface area contributed by atoms with Crippen molar-refractivity contribution in [1.29, 1.82) is 0 Å². The van der Waals surface area contributed by atoms with Crippen molar-refractivity contribution in [2.75, 3.05) is 6.61 Å². The number of hydrogen-bond acceptors (Lipinski definition) is 8. The minimum absolute atomic E-state index is 0. The number of carboxylic acids is 2. The van der Waals surface area contributed by atoms with Crippen molar-refractivity contribution in [3.63, 3.8) is 0 Å². The maximum absolute atomic E-state index is 10.1. The average Bonchev–Trinajstić information content (AvgIpc) is 2.35. The Hall–Kier alpha value is -0.520. The van der Waals surface area contributed by atoms with Gasteiger partial charge in [0, 0.05) is 0 Å². The number of aliphatic hydroxyl groups excluding tert-OH is 5. The van der Waals surface area contributed by atoms with Crippen LogP contribution in [-0.2, 0) is 9.59 Å². The molecule has 0 aliphatic rings. The Kier molecular flexibility index (Phi) is 15.5. The molecule has 0 aromatic heterocycles. The van der Waals surface area contributed by atoms with Gasteiger partial charge in [-0.2, -0.15) is 0 Å². The van der Waals surface area contributed by atoms with Gasteiger partial charge in [0.05, 0.1) is 12.6 Å². The Morgan fingerprint density at radius 3 is 1.74 bits per heavy atom. The molecule has 0 spiro atoms. The van der Waals surface area contributed by atoms with E-state index in [0.717, 1.165) is 6.08 Å². The van der Waals surface area contributed by atoms with E-state index in [4.69, 9.17) is 40.5 Å². The maximum atomic E-state index is 10.1. The second kappa shape index (κ2) is 12.5. The number of hydrogen-bond donors (Lipinski definition) is 6. The fraction of sp³-hybridized carbons (Fsp3) is 0.556. The second-order valence-corrected chi connectivity index (χ2v) is 3.04. The largest absolute Gasteiger partial charge is 1.00 e. The molecule has 0 aliphatic heterocycles. The summed E-state index contributed by atoms with van der Waals surface area (Å²) in [5.74, 6) is -2.96. The van der Waals surface area contributed by atoms with Crippen LogP contribution in [0, 0.1) is 0 Å². The maximum Gasteiger partial charge on any atom is 1.00 e. The van der Waals surface area contributed by atoms with E-state index >= 15 is 0 Å². The summed E-state index contributed by atoms with van der Waals surface area (Å²) in [5, 5.41) is 61.0. The van der Waals surface area contributed by atoms with Crippen molar-refractivity contribution in [2.45, 2.75) is 24.4 Å². The summed E-state index contributed by atoms with van der Waals surface area (Å²) in [6, 6.07) is 0. The van der Waals surface area contributed by atoms with Crippen LogP contribution in [0.3, 0.4) is 0 Å². The molecule has 0 aromatic rings. The zero-order valence-corrected chi connectivity index (χ0v) is 12.2. The quantitative estimate of drug-likeness (QED) is 0.204. The molecular formula is C9H15NaO9. The van der Waals surface area contributed by atoms with Crippen LogP contribution in [0.1, 0.15) is 0 Å². The van der Waals surface area contributed by atoms with E-state index < -0.39 is 43.0 Å². The van der Waals surface area contributed by atoms with Gasteiger partial charge in [-0.3, -0.25) is 0 Å². The molecule has 0 saturated heterocycles. The first kappa shape index (κ1) is 23.6. The van der Waals surface area contributed by atoms with Crippen LogP contribution in [-0.4, -0.2) is 73.6 Å². The van der Waals surface area contributed by atoms with Gasteiger partial charge in [-0.05, 0) is 6.08 Å². The van der Waals surface area contributed by atoms with Gasteiger partial charge in [0.15, 0.2) is 6.10 Å². The Labute approximate surface area is 130 Å². The Bertz CT molecular complexity index is 283. The van der Waals surface area contributed by atoms with Gasteiger partial charge in [0.2, 0.25) is 0 Å². The monoisotopic (exact) mass is 290 g/mol. The normalized spacial score (nSPS) is 15.6. The molecule has 6 N–H and O–H groups in total. The smallest absolute Gasteiger partial charge is 0.545 e. The summed E-state index contributed by atoms with van der Waals surface area (Å²) in [4.78, 5) is 19.2. The van der Waals surface area contributed by atoms with Gasteiger partial charge in [0.25, 0.3) is 0 Å². The van der Waals surface area contributed by atoms with Gasteiger partial charge < -0.3 is 40.5 Å². The third-order valence-electron chi connectivity index (χ3n) is 1.67. The zero-order chi connectivity index (χ0) is 14.9. The van der Waals surface area contributed by atoms with Crippen molar-refractivity contribution in [3.8, 4) is 0 Å². The minimum atomic E-state index is -2.20. The SMILES string of the molecule is C=CC(=O)[O-].O=C(O)[C@H](O)[C@@H](O)[C@H](O)[C@H](O)CO.[Na+]. The Morgan fingerprint density at radius 1 is 1.16 bits per heavy atom. The van der Waals surface area contributed by atoms with E-state index in [2.05, 4.69) is 6.58 Å². The number of aliphatic carboxylic acids is 2. The molecule has 0 rings (SSSR count). The first-order valence-corrected chi connectivity index (χ1v) is 4.58. The molecule has 4 atom stereocenters. The number of carboxylic acid groups (broad SMARTS) is 2. The van der Waals surface area contributed by atoms with Gasteiger partial charge >= 0.3 is 35.5 Å². The van der Waals surface area contributed by atoms with Crippen molar-refractivity contribution >= 4 is 11.9 Å². The fourth-order valence-electron chi connectivity index (χ4n) is 0.668. The first-order valence-electron chi connectivity index (χ1n) is 4.58. The summed E-state index contributed by atoms with van der Waals surface area (Å²) in [7, 11) is 0. The van der Waals surface area contributed by atoms with Crippen LogP contribution in [0.5, 0.6) is 0 Å². The van der Waals surface area contributed by atoms with Crippen LogP contribution in [0.25, 0.3) is 0 Å². The van der Waals surface area contributed by atoms with Gasteiger partial charge in [-0.1, -0.05) is 6.58 Å². The molecular weight excluding hydrogens is 275 g/mol. The standard InChI is InChI=1S/C6H12O7.C3H4O2.Na/c7-1-2(8)3(9)4(10)5(11)6(12)13;1-2-3(4)5;/h2-5,7-11H,1H2,(H,12,13);2H,1H2,(H,4,5);/q;;+1/p-1/t2-,3-,4+,5-;;/m1../s1. The average molecular weight is 290 g/mol. The van der Waals surface area contributed by atoms with E-state index in [1.807, 2.05) is 0 Å². The van der Waals surface area contributed by atoms with Crippen LogP contribution in [0.4, 0.5) is 0 Å². The molecule has 0 radical (unpaired) electrons. The van der Waals surface area contributed by atoms with E-state index in [9.17, 15) is 4.79 Å². The topological polar surface area (TPSA) is 179 Å². The molecule has 0 unspecified atom stereocenters. The molecule has 0 amide bonds. The Balaban J connectivity index is -0.000000366. The van der Waals surface area contributed by atoms with Crippen molar-refractivity contribution in [2.24, 2.45) is 0 Å². The molecule has 0 aliphatic carbocycles. The molecule has 9 nitrogen and oxygen atoms in total. The third kappa shape index (κ3) is 11.0. The van der Waals surface area contributed by atoms with Gasteiger partial charge in [-0.25, -0.2) is 4.79 Å². The third-order valence-corrected chi connectivity index (χ3v) is 1.67. The van der Waals surface area contributed by atoms with Crippen LogP contribution in [0.2, 0.25) is 0 Å². The van der Waals surface area contributed by atoms with E-state index in [1.165, 1.54) is 0 Å². The molecule has 0 fully saturated rings. The number of rotatable bonds is 6. The summed E-state index contributed by atoms with van der Waals surface area (Å²) in [6.07, 6.45) is -7.11. The van der Waals surface area contributed by atoms with Gasteiger partial charge in [-0.15, -0.1) is 0 Å². The van der Waals surface area contributed by atoms with Crippen molar-refractivity contribution < 1.29 is 74.9 Å². The predicted octanol–water partition coefficient (Wildman–Crippen LogP) is -7.57. The van der Waals surface area contributed by atoms with E-state index in [0.29, 0.717) is 0 Å². The summed E-state index contributed by atoms with van der Waals surface area (Å²) in [5.41, 5.74) is 0. The van der Waals surface area contributed by atoms with Gasteiger partial charge in [0.1, 0.15) is 18.3 Å². The number of carbonyl (C=O) groups excluding carboxylic acids is 1. The number of carbonyl (C=O) groups is 2.